The largest absolute Gasteiger partial charge is 0.451 e. The molecule has 0 saturated carbocycles. The second kappa shape index (κ2) is 10.9. The Bertz CT molecular complexity index is 987. The van der Waals surface area contributed by atoms with Crippen molar-refractivity contribution in [3.05, 3.63) is 42.1 Å². The molecule has 1 unspecified atom stereocenters. The van der Waals surface area contributed by atoms with E-state index in [9.17, 15) is 14.0 Å². The fourth-order valence-corrected chi connectivity index (χ4v) is 3.99. The van der Waals surface area contributed by atoms with Gasteiger partial charge < -0.3 is 25.0 Å². The van der Waals surface area contributed by atoms with Gasteiger partial charge >= 0.3 is 6.09 Å². The van der Waals surface area contributed by atoms with Crippen molar-refractivity contribution in [2.45, 2.75) is 39.7 Å². The van der Waals surface area contributed by atoms with E-state index in [4.69, 9.17) is 15.2 Å². The second-order valence-corrected chi connectivity index (χ2v) is 8.22. The van der Waals surface area contributed by atoms with Gasteiger partial charge in [-0.25, -0.2) is 19.2 Å². The summed E-state index contributed by atoms with van der Waals surface area (Å²) in [5.41, 5.74) is 5.22. The van der Waals surface area contributed by atoms with Crippen molar-refractivity contribution in [1.82, 2.24) is 14.9 Å². The lowest BCUT2D eigenvalue weighted by atomic mass is 9.99. The number of carbonyl (C=O) groups excluding carboxylic acids is 2. The topological polar surface area (TPSA) is 111 Å². The first-order chi connectivity index (χ1) is 15.8. The Kier molecular flexibility index (Phi) is 8.02. The van der Waals surface area contributed by atoms with E-state index in [1.165, 1.54) is 30.7 Å². The summed E-state index contributed by atoms with van der Waals surface area (Å²) in [7, 11) is 0. The normalized spacial score (nSPS) is 15.9. The molecule has 2 N–H and O–H groups in total. The molecular formula is C23H30FN5O4. The van der Waals surface area contributed by atoms with Crippen LogP contribution in [-0.4, -0.2) is 59.2 Å². The Balaban J connectivity index is 1.87. The van der Waals surface area contributed by atoms with Gasteiger partial charge in [-0.2, -0.15) is 0 Å². The molecule has 2 aromatic rings. The molecule has 33 heavy (non-hydrogen) atoms. The number of rotatable bonds is 8. The predicted molar refractivity (Wildman–Crippen MR) is 121 cm³/mol. The average Bonchev–Trinajstić information content (AvgIpc) is 2.79. The smallest absolute Gasteiger partial charge is 0.404 e. The molecule has 0 spiro atoms. The van der Waals surface area contributed by atoms with Gasteiger partial charge in [0, 0.05) is 31.6 Å². The zero-order chi connectivity index (χ0) is 24.0. The van der Waals surface area contributed by atoms with Gasteiger partial charge in [0.1, 0.15) is 17.9 Å². The van der Waals surface area contributed by atoms with Crippen LogP contribution in [0.25, 0.3) is 0 Å². The molecule has 1 fully saturated rings. The van der Waals surface area contributed by atoms with Crippen LogP contribution in [0.4, 0.5) is 15.0 Å². The summed E-state index contributed by atoms with van der Waals surface area (Å²) in [5, 5.41) is 0. The Morgan fingerprint density at radius 1 is 1.33 bits per heavy atom. The molecule has 1 saturated heterocycles. The van der Waals surface area contributed by atoms with Crippen LogP contribution in [0, 0.1) is 11.7 Å². The minimum Gasteiger partial charge on any atom is -0.451 e. The number of nitrogens with two attached hydrogens (primary N) is 1. The molecule has 178 valence electrons. The number of hydrogen-bond acceptors (Lipinski definition) is 7. The van der Waals surface area contributed by atoms with Gasteiger partial charge in [-0.05, 0) is 51.8 Å². The number of nitrogens with zero attached hydrogens (tertiary/aromatic N) is 4. The van der Waals surface area contributed by atoms with E-state index in [1.807, 2.05) is 25.7 Å². The van der Waals surface area contributed by atoms with Crippen LogP contribution in [-0.2, 0) is 4.74 Å². The molecule has 1 aliphatic rings. The molecule has 2 amide bonds. The van der Waals surface area contributed by atoms with E-state index in [1.54, 1.807) is 4.90 Å². The highest BCUT2D eigenvalue weighted by molar-refractivity contribution is 5.97. The molecule has 1 atom stereocenters. The monoisotopic (exact) mass is 459 g/mol. The number of ether oxygens (including phenoxy) is 2. The second-order valence-electron chi connectivity index (χ2n) is 8.22. The quantitative estimate of drug-likeness (QED) is 0.642. The lowest BCUT2D eigenvalue weighted by molar-refractivity contribution is 0.0713. The third kappa shape index (κ3) is 6.09. The van der Waals surface area contributed by atoms with Gasteiger partial charge in [0.15, 0.2) is 11.6 Å². The summed E-state index contributed by atoms with van der Waals surface area (Å²) in [6.45, 7) is 7.70. The molecule has 1 aromatic heterocycles. The van der Waals surface area contributed by atoms with Crippen molar-refractivity contribution < 1.29 is 23.5 Å². The van der Waals surface area contributed by atoms with E-state index in [0.29, 0.717) is 24.7 Å². The predicted octanol–water partition coefficient (Wildman–Crippen LogP) is 3.59. The van der Waals surface area contributed by atoms with Gasteiger partial charge in [-0.1, -0.05) is 0 Å². The van der Waals surface area contributed by atoms with Crippen molar-refractivity contribution in [2.75, 3.05) is 31.1 Å². The van der Waals surface area contributed by atoms with Crippen LogP contribution < -0.4 is 15.4 Å². The summed E-state index contributed by atoms with van der Waals surface area (Å²) in [6.07, 6.45) is 3.90. The minimum absolute atomic E-state index is 0.0536. The fraction of sp³-hybridized carbons (Fsp3) is 0.478. The first-order valence-corrected chi connectivity index (χ1v) is 11.1. The van der Waals surface area contributed by atoms with Gasteiger partial charge in [-0.3, -0.25) is 4.79 Å². The highest BCUT2D eigenvalue weighted by Crippen LogP contribution is 2.34. The number of carbonyl (C=O) groups is 2. The standard InChI is InChI=1S/C23H30FN5O4/c1-4-29(15(2)3)22(30)18-10-17(24)7-8-19(18)33-20-11-26-14-27-21(20)28-9-5-6-16(12-28)13-32-23(25)31/h7-8,10-11,14-16H,4-6,9,12-13H2,1-3H3,(H2,25,31). The van der Waals surface area contributed by atoms with E-state index in [0.717, 1.165) is 19.4 Å². The van der Waals surface area contributed by atoms with Crippen LogP contribution in [0.15, 0.2) is 30.7 Å². The first kappa shape index (κ1) is 24.2. The van der Waals surface area contributed by atoms with Gasteiger partial charge in [0.05, 0.1) is 18.4 Å². The summed E-state index contributed by atoms with van der Waals surface area (Å²) >= 11 is 0. The van der Waals surface area contributed by atoms with Crippen molar-refractivity contribution in [2.24, 2.45) is 11.7 Å². The number of benzene rings is 1. The van der Waals surface area contributed by atoms with Crippen LogP contribution in [0.2, 0.25) is 0 Å². The van der Waals surface area contributed by atoms with E-state index >= 15 is 0 Å². The molecule has 1 aromatic carbocycles. The summed E-state index contributed by atoms with van der Waals surface area (Å²) in [5.74, 6) is 0.378. The number of anilines is 1. The molecule has 0 bridgehead atoms. The van der Waals surface area contributed by atoms with Crippen molar-refractivity contribution in [1.29, 1.82) is 0 Å². The lowest BCUT2D eigenvalue weighted by Crippen LogP contribution is -2.38. The van der Waals surface area contributed by atoms with Crippen LogP contribution in [0.5, 0.6) is 11.5 Å². The highest BCUT2D eigenvalue weighted by atomic mass is 19.1. The third-order valence-corrected chi connectivity index (χ3v) is 5.56. The van der Waals surface area contributed by atoms with Crippen molar-refractivity contribution in [3.63, 3.8) is 0 Å². The van der Waals surface area contributed by atoms with E-state index in [-0.39, 0.29) is 35.8 Å². The molecule has 0 aliphatic carbocycles. The number of piperidine rings is 1. The Hall–Kier alpha value is -3.43. The Morgan fingerprint density at radius 3 is 2.82 bits per heavy atom. The molecule has 1 aliphatic heterocycles. The molecular weight excluding hydrogens is 429 g/mol. The number of hydrogen-bond donors (Lipinski definition) is 1. The number of amides is 2. The summed E-state index contributed by atoms with van der Waals surface area (Å²) in [4.78, 5) is 36.2. The van der Waals surface area contributed by atoms with E-state index < -0.39 is 11.9 Å². The molecule has 2 heterocycles. The number of primary amides is 1. The van der Waals surface area contributed by atoms with Gasteiger partial charge in [0.25, 0.3) is 5.91 Å². The summed E-state index contributed by atoms with van der Waals surface area (Å²) in [6, 6.07) is 3.82. The fourth-order valence-electron chi connectivity index (χ4n) is 3.99. The first-order valence-electron chi connectivity index (χ1n) is 11.1. The van der Waals surface area contributed by atoms with E-state index in [2.05, 4.69) is 9.97 Å². The molecule has 10 heteroatoms. The maximum atomic E-state index is 14.1. The Morgan fingerprint density at radius 2 is 2.12 bits per heavy atom. The number of halogens is 1. The molecule has 3 rings (SSSR count). The zero-order valence-corrected chi connectivity index (χ0v) is 19.2. The molecule has 0 radical (unpaired) electrons. The zero-order valence-electron chi connectivity index (χ0n) is 19.2. The summed E-state index contributed by atoms with van der Waals surface area (Å²) < 4.78 is 25.1. The minimum atomic E-state index is -0.797. The lowest BCUT2D eigenvalue weighted by Gasteiger charge is -2.33. The maximum absolute atomic E-state index is 14.1. The average molecular weight is 460 g/mol. The Labute approximate surface area is 192 Å². The molecule has 9 nitrogen and oxygen atoms in total. The SMILES string of the molecule is CCN(C(=O)c1cc(F)ccc1Oc1cncnc1N1CCCC(COC(N)=O)C1)C(C)C. The highest BCUT2D eigenvalue weighted by Gasteiger charge is 2.26. The third-order valence-electron chi connectivity index (χ3n) is 5.56. The van der Waals surface area contributed by atoms with Crippen molar-refractivity contribution in [3.8, 4) is 11.5 Å². The van der Waals surface area contributed by atoms with Gasteiger partial charge in [-0.15, -0.1) is 0 Å². The van der Waals surface area contributed by atoms with Crippen LogP contribution in [0.1, 0.15) is 44.0 Å². The van der Waals surface area contributed by atoms with Crippen LogP contribution >= 0.6 is 0 Å². The van der Waals surface area contributed by atoms with Gasteiger partial charge in [0.2, 0.25) is 0 Å². The maximum Gasteiger partial charge on any atom is 0.404 e. The van der Waals surface area contributed by atoms with Crippen molar-refractivity contribution >= 4 is 17.8 Å². The van der Waals surface area contributed by atoms with Crippen LogP contribution in [0.3, 0.4) is 0 Å². The number of aromatic nitrogens is 2.